The molecule has 0 aliphatic carbocycles. The Balaban J connectivity index is 1.23. The maximum atomic E-state index is 13.2. The number of nitrogens with zero attached hydrogens (tertiary/aromatic N) is 2. The largest absolute Gasteiger partial charge is 0.457 e. The minimum Gasteiger partial charge on any atom is -0.457 e. The van der Waals surface area contributed by atoms with Crippen molar-refractivity contribution in [1.82, 2.24) is 8.96 Å². The smallest absolute Gasteiger partial charge is 0.268 e. The first-order valence-electron chi connectivity index (χ1n) is 12.2. The molecule has 0 aliphatic rings. The van der Waals surface area contributed by atoms with Crippen LogP contribution in [0.1, 0.15) is 16.8 Å². The van der Waals surface area contributed by atoms with Gasteiger partial charge in [0.15, 0.2) is 0 Å². The second-order valence-corrected chi connectivity index (χ2v) is 10.9. The van der Waals surface area contributed by atoms with Crippen molar-refractivity contribution < 1.29 is 17.6 Å². The van der Waals surface area contributed by atoms with Gasteiger partial charge in [0.1, 0.15) is 17.8 Å². The molecular weight excluding hydrogens is 496 g/mol. The Labute approximate surface area is 220 Å². The predicted octanol–water partition coefficient (Wildman–Crippen LogP) is 7.22. The summed E-state index contributed by atoms with van der Waals surface area (Å²) >= 11 is 0. The van der Waals surface area contributed by atoms with E-state index in [0.29, 0.717) is 29.3 Å². The number of oxazole rings is 1. The van der Waals surface area contributed by atoms with Crippen molar-refractivity contribution in [2.75, 3.05) is 0 Å². The van der Waals surface area contributed by atoms with Crippen molar-refractivity contribution in [3.8, 4) is 23.0 Å². The first-order valence-corrected chi connectivity index (χ1v) is 13.6. The highest BCUT2D eigenvalue weighted by molar-refractivity contribution is 7.90. The summed E-state index contributed by atoms with van der Waals surface area (Å²) in [6.45, 7) is 1.92. The van der Waals surface area contributed by atoms with Crippen molar-refractivity contribution in [1.29, 1.82) is 0 Å². The molecular formula is C31H24N2O4S. The maximum absolute atomic E-state index is 13.2. The Morgan fingerprint density at radius 3 is 2.45 bits per heavy atom. The lowest BCUT2D eigenvalue weighted by molar-refractivity contribution is 0.483. The van der Waals surface area contributed by atoms with E-state index in [2.05, 4.69) is 17.1 Å². The van der Waals surface area contributed by atoms with Crippen LogP contribution >= 0.6 is 0 Å². The average Bonchev–Trinajstić information content (AvgIpc) is 3.57. The molecule has 7 heteroatoms. The van der Waals surface area contributed by atoms with Gasteiger partial charge in [-0.15, -0.1) is 0 Å². The standard InChI is InChI=1S/C31H24N2O4S/c1-22-10-13-29(14-11-22)38(34,35)33-17-16-24-19-28(12-15-30(24)33)37-27-9-5-8-25(20-27)31-32-26(21-36-31)18-23-6-3-2-4-7-23/h2-17,19-21H,18H2,1H3. The number of fused-ring (bicyclic) bond motifs is 1. The van der Waals surface area contributed by atoms with Crippen LogP contribution in [0.5, 0.6) is 11.5 Å². The molecule has 0 fully saturated rings. The van der Waals surface area contributed by atoms with Crippen molar-refractivity contribution in [2.24, 2.45) is 0 Å². The lowest BCUT2D eigenvalue weighted by Gasteiger charge is -2.09. The van der Waals surface area contributed by atoms with Crippen LogP contribution in [-0.4, -0.2) is 17.4 Å². The summed E-state index contributed by atoms with van der Waals surface area (Å²) in [7, 11) is -3.71. The third-order valence-corrected chi connectivity index (χ3v) is 8.00. The van der Waals surface area contributed by atoms with Crippen LogP contribution in [0.25, 0.3) is 22.4 Å². The van der Waals surface area contributed by atoms with E-state index in [-0.39, 0.29) is 4.90 Å². The van der Waals surface area contributed by atoms with Gasteiger partial charge in [0, 0.05) is 23.6 Å². The Kier molecular flexibility index (Phi) is 6.05. The summed E-state index contributed by atoms with van der Waals surface area (Å²) in [5, 5.41) is 0.757. The second-order valence-electron chi connectivity index (χ2n) is 9.09. The fraction of sp³-hybridized carbons (Fsp3) is 0.0645. The number of aromatic nitrogens is 2. The molecule has 0 radical (unpaired) electrons. The molecule has 0 amide bonds. The Hall–Kier alpha value is -4.62. The molecule has 6 nitrogen and oxygen atoms in total. The number of hydrogen-bond donors (Lipinski definition) is 0. The quantitative estimate of drug-likeness (QED) is 0.222. The van der Waals surface area contributed by atoms with Gasteiger partial charge in [0.2, 0.25) is 5.89 Å². The molecule has 0 saturated carbocycles. The van der Waals surface area contributed by atoms with Gasteiger partial charge in [-0.05, 0) is 67.1 Å². The fourth-order valence-corrected chi connectivity index (χ4v) is 5.70. The van der Waals surface area contributed by atoms with Crippen molar-refractivity contribution in [3.05, 3.63) is 132 Å². The highest BCUT2D eigenvalue weighted by Gasteiger charge is 2.19. The van der Waals surface area contributed by atoms with Gasteiger partial charge >= 0.3 is 0 Å². The molecule has 0 unspecified atom stereocenters. The van der Waals surface area contributed by atoms with E-state index in [4.69, 9.17) is 9.15 Å². The van der Waals surface area contributed by atoms with Crippen LogP contribution in [-0.2, 0) is 16.4 Å². The van der Waals surface area contributed by atoms with Crippen LogP contribution in [0.4, 0.5) is 0 Å². The third kappa shape index (κ3) is 4.71. The van der Waals surface area contributed by atoms with Gasteiger partial charge in [-0.25, -0.2) is 17.4 Å². The van der Waals surface area contributed by atoms with Crippen LogP contribution in [0.15, 0.2) is 125 Å². The number of ether oxygens (including phenoxy) is 1. The minimum atomic E-state index is -3.71. The zero-order valence-corrected chi connectivity index (χ0v) is 21.4. The molecule has 38 heavy (non-hydrogen) atoms. The molecule has 2 aromatic heterocycles. The van der Waals surface area contributed by atoms with Crippen molar-refractivity contribution in [3.63, 3.8) is 0 Å². The van der Waals surface area contributed by atoms with E-state index in [1.807, 2.05) is 55.5 Å². The normalized spacial score (nSPS) is 11.6. The van der Waals surface area contributed by atoms with Gasteiger partial charge in [0.25, 0.3) is 10.0 Å². The first-order chi connectivity index (χ1) is 18.5. The molecule has 0 atom stereocenters. The summed E-state index contributed by atoms with van der Waals surface area (Å²) in [5.74, 6) is 1.74. The zero-order valence-electron chi connectivity index (χ0n) is 20.6. The molecule has 2 heterocycles. The first kappa shape index (κ1) is 23.8. The van der Waals surface area contributed by atoms with E-state index in [1.54, 1.807) is 54.9 Å². The number of hydrogen-bond acceptors (Lipinski definition) is 5. The lowest BCUT2D eigenvalue weighted by atomic mass is 10.1. The summed E-state index contributed by atoms with van der Waals surface area (Å²) in [6, 6.07) is 31.6. The second kappa shape index (κ2) is 9.68. The maximum Gasteiger partial charge on any atom is 0.268 e. The average molecular weight is 521 g/mol. The SMILES string of the molecule is Cc1ccc(S(=O)(=O)n2ccc3cc(Oc4cccc(-c5nc(Cc6ccccc6)co5)c4)ccc32)cc1. The van der Waals surface area contributed by atoms with E-state index in [0.717, 1.165) is 22.2 Å². The summed E-state index contributed by atoms with van der Waals surface area (Å²) in [5.41, 5.74) is 4.41. The molecule has 0 saturated heterocycles. The number of aryl methyl sites for hydroxylation is 1. The molecule has 6 rings (SSSR count). The predicted molar refractivity (Wildman–Crippen MR) is 147 cm³/mol. The molecule has 188 valence electrons. The number of benzene rings is 4. The van der Waals surface area contributed by atoms with E-state index < -0.39 is 10.0 Å². The zero-order chi connectivity index (χ0) is 26.1. The van der Waals surface area contributed by atoms with E-state index in [9.17, 15) is 8.42 Å². The van der Waals surface area contributed by atoms with Gasteiger partial charge in [-0.2, -0.15) is 0 Å². The molecule has 0 bridgehead atoms. The molecule has 6 aromatic rings. The third-order valence-electron chi connectivity index (χ3n) is 6.30. The van der Waals surface area contributed by atoms with Gasteiger partial charge in [-0.3, -0.25) is 0 Å². The van der Waals surface area contributed by atoms with Crippen LogP contribution in [0, 0.1) is 6.92 Å². The monoisotopic (exact) mass is 520 g/mol. The summed E-state index contributed by atoms with van der Waals surface area (Å²) in [6.07, 6.45) is 3.94. The highest BCUT2D eigenvalue weighted by atomic mass is 32.2. The van der Waals surface area contributed by atoms with E-state index in [1.165, 1.54) is 9.54 Å². The van der Waals surface area contributed by atoms with Crippen LogP contribution in [0.2, 0.25) is 0 Å². The summed E-state index contributed by atoms with van der Waals surface area (Å²) < 4.78 is 39.5. The molecule has 0 spiro atoms. The Morgan fingerprint density at radius 2 is 1.63 bits per heavy atom. The van der Waals surface area contributed by atoms with Crippen molar-refractivity contribution >= 4 is 20.9 Å². The highest BCUT2D eigenvalue weighted by Crippen LogP contribution is 2.31. The topological polar surface area (TPSA) is 74.3 Å². The van der Waals surface area contributed by atoms with Crippen LogP contribution in [0.3, 0.4) is 0 Å². The molecule has 0 N–H and O–H groups in total. The summed E-state index contributed by atoms with van der Waals surface area (Å²) in [4.78, 5) is 4.88. The minimum absolute atomic E-state index is 0.246. The van der Waals surface area contributed by atoms with Crippen LogP contribution < -0.4 is 4.74 Å². The molecule has 4 aromatic carbocycles. The molecule has 0 aliphatic heterocycles. The van der Waals surface area contributed by atoms with Gasteiger partial charge in [-0.1, -0.05) is 54.1 Å². The Morgan fingerprint density at radius 1 is 0.842 bits per heavy atom. The van der Waals surface area contributed by atoms with Crippen molar-refractivity contribution in [2.45, 2.75) is 18.2 Å². The van der Waals surface area contributed by atoms with E-state index >= 15 is 0 Å². The van der Waals surface area contributed by atoms with Gasteiger partial charge in [0.05, 0.1) is 16.1 Å². The number of rotatable bonds is 7. The lowest BCUT2D eigenvalue weighted by Crippen LogP contribution is -2.11. The van der Waals surface area contributed by atoms with Gasteiger partial charge < -0.3 is 9.15 Å². The Bertz CT molecular complexity index is 1840. The fourth-order valence-electron chi connectivity index (χ4n) is 4.35.